The van der Waals surface area contributed by atoms with Gasteiger partial charge in [-0.05, 0) is 44.4 Å². The van der Waals surface area contributed by atoms with Crippen molar-refractivity contribution in [2.45, 2.75) is 38.6 Å². The Morgan fingerprint density at radius 3 is 2.71 bits per heavy atom. The lowest BCUT2D eigenvalue weighted by atomic mass is 9.96. The Hall–Kier alpha value is -1.59. The highest BCUT2D eigenvalue weighted by molar-refractivity contribution is 7.11. The lowest BCUT2D eigenvalue weighted by Gasteiger charge is -2.19. The quantitative estimate of drug-likeness (QED) is 0.628. The van der Waals surface area contributed by atoms with Gasteiger partial charge in [-0.2, -0.15) is 0 Å². The van der Waals surface area contributed by atoms with Gasteiger partial charge in [0.2, 0.25) is 0 Å². The molecule has 1 aliphatic rings. The molecule has 24 heavy (non-hydrogen) atoms. The molecule has 1 saturated carbocycles. The first-order valence-corrected chi connectivity index (χ1v) is 9.35. The highest BCUT2D eigenvalue weighted by atomic mass is 35.5. The summed E-state index contributed by atoms with van der Waals surface area (Å²) in [4.78, 5) is 10.1. The molecule has 1 aromatic carbocycles. The van der Waals surface area contributed by atoms with Gasteiger partial charge >= 0.3 is 0 Å². The molecule has 4 nitrogen and oxygen atoms in total. The zero-order valence-corrected chi connectivity index (χ0v) is 15.9. The topological polar surface area (TPSA) is 49.3 Å². The molecular formula is C18H23ClN4S. The van der Waals surface area contributed by atoms with Crippen LogP contribution in [0.1, 0.15) is 34.0 Å². The van der Waals surface area contributed by atoms with Crippen LogP contribution < -0.4 is 10.6 Å². The van der Waals surface area contributed by atoms with E-state index < -0.39 is 0 Å². The van der Waals surface area contributed by atoms with Crippen molar-refractivity contribution in [1.82, 2.24) is 15.6 Å². The molecule has 0 amide bonds. The molecule has 0 saturated heterocycles. The Balaban J connectivity index is 1.57. The molecule has 6 heteroatoms. The van der Waals surface area contributed by atoms with Gasteiger partial charge in [-0.25, -0.2) is 4.98 Å². The largest absolute Gasteiger partial charge is 0.356 e. The highest BCUT2D eigenvalue weighted by Crippen LogP contribution is 2.48. The van der Waals surface area contributed by atoms with E-state index in [4.69, 9.17) is 11.6 Å². The lowest BCUT2D eigenvalue weighted by Crippen LogP contribution is -2.40. The van der Waals surface area contributed by atoms with Crippen LogP contribution in [0.5, 0.6) is 0 Å². The second kappa shape index (κ2) is 7.11. The van der Waals surface area contributed by atoms with Crippen molar-refractivity contribution in [1.29, 1.82) is 0 Å². The molecule has 0 radical (unpaired) electrons. The van der Waals surface area contributed by atoms with Crippen molar-refractivity contribution in [3.8, 4) is 0 Å². The summed E-state index contributed by atoms with van der Waals surface area (Å²) in [5, 5.41) is 8.76. The molecule has 0 spiro atoms. The first-order valence-electron chi connectivity index (χ1n) is 8.16. The van der Waals surface area contributed by atoms with E-state index in [2.05, 4.69) is 39.7 Å². The maximum absolute atomic E-state index is 6.14. The average Bonchev–Trinajstić information content (AvgIpc) is 3.28. The van der Waals surface area contributed by atoms with Crippen molar-refractivity contribution in [3.63, 3.8) is 0 Å². The van der Waals surface area contributed by atoms with Gasteiger partial charge in [0.25, 0.3) is 0 Å². The number of aliphatic imine (C=N–C) groups is 1. The molecule has 1 heterocycles. The first-order chi connectivity index (χ1) is 11.5. The lowest BCUT2D eigenvalue weighted by molar-refractivity contribution is 0.646. The second-order valence-corrected chi connectivity index (χ2v) is 8.04. The van der Waals surface area contributed by atoms with Crippen molar-refractivity contribution in [2.24, 2.45) is 4.99 Å². The minimum atomic E-state index is 0.194. The Bertz CT molecular complexity index is 749. The standard InChI is InChI=1S/C18H23ClN4S/c1-12-16(24-13(2)23-12)10-21-17(20-3)22-11-18(7-8-18)14-5-4-6-15(19)9-14/h4-6,9H,7-8,10-11H2,1-3H3,(H2,20,21,22). The molecule has 0 bridgehead atoms. The van der Waals surface area contributed by atoms with Gasteiger partial charge in [0.15, 0.2) is 5.96 Å². The zero-order chi connectivity index (χ0) is 17.2. The van der Waals surface area contributed by atoms with Crippen molar-refractivity contribution in [2.75, 3.05) is 13.6 Å². The van der Waals surface area contributed by atoms with Crippen LogP contribution in [-0.2, 0) is 12.0 Å². The summed E-state index contributed by atoms with van der Waals surface area (Å²) in [6.45, 7) is 5.71. The van der Waals surface area contributed by atoms with Crippen LogP contribution in [0.2, 0.25) is 5.02 Å². The molecule has 3 rings (SSSR count). The van der Waals surface area contributed by atoms with E-state index in [0.717, 1.165) is 34.8 Å². The van der Waals surface area contributed by atoms with Gasteiger partial charge < -0.3 is 10.6 Å². The molecule has 1 aliphatic carbocycles. The normalized spacial score (nSPS) is 16.1. The van der Waals surface area contributed by atoms with Crippen LogP contribution in [0, 0.1) is 13.8 Å². The van der Waals surface area contributed by atoms with Crippen molar-refractivity contribution < 1.29 is 0 Å². The predicted molar refractivity (Wildman–Crippen MR) is 102 cm³/mol. The molecule has 1 aromatic heterocycles. The van der Waals surface area contributed by atoms with E-state index >= 15 is 0 Å². The highest BCUT2D eigenvalue weighted by Gasteiger charge is 2.44. The third-order valence-electron chi connectivity index (χ3n) is 4.52. The monoisotopic (exact) mass is 362 g/mol. The maximum atomic E-state index is 6.14. The average molecular weight is 363 g/mol. The van der Waals surface area contributed by atoms with Crippen LogP contribution in [0.3, 0.4) is 0 Å². The second-order valence-electron chi connectivity index (χ2n) is 6.31. The first kappa shape index (κ1) is 17.2. The van der Waals surface area contributed by atoms with E-state index in [1.165, 1.54) is 23.3 Å². The number of hydrogen-bond donors (Lipinski definition) is 2. The Morgan fingerprint density at radius 2 is 2.12 bits per heavy atom. The summed E-state index contributed by atoms with van der Waals surface area (Å²) in [5.41, 5.74) is 2.60. The minimum absolute atomic E-state index is 0.194. The van der Waals surface area contributed by atoms with Crippen LogP contribution in [0.15, 0.2) is 29.3 Å². The van der Waals surface area contributed by atoms with Crippen LogP contribution >= 0.6 is 22.9 Å². The van der Waals surface area contributed by atoms with E-state index in [1.54, 1.807) is 18.4 Å². The third kappa shape index (κ3) is 3.90. The molecule has 0 unspecified atom stereocenters. The van der Waals surface area contributed by atoms with Gasteiger partial charge in [0.1, 0.15) is 0 Å². The number of halogens is 1. The minimum Gasteiger partial charge on any atom is -0.356 e. The number of guanidine groups is 1. The Kier molecular flexibility index (Phi) is 5.11. The molecule has 1 fully saturated rings. The number of hydrogen-bond acceptors (Lipinski definition) is 3. The molecule has 0 aliphatic heterocycles. The van der Waals surface area contributed by atoms with Gasteiger partial charge in [-0.3, -0.25) is 4.99 Å². The number of aromatic nitrogens is 1. The molecule has 2 aromatic rings. The predicted octanol–water partition coefficient (Wildman–Crippen LogP) is 3.81. The fourth-order valence-corrected chi connectivity index (χ4v) is 3.98. The number of rotatable bonds is 5. The summed E-state index contributed by atoms with van der Waals surface area (Å²) >= 11 is 7.87. The van der Waals surface area contributed by atoms with Gasteiger partial charge in [-0.1, -0.05) is 23.7 Å². The molecule has 2 N–H and O–H groups in total. The van der Waals surface area contributed by atoms with E-state index in [-0.39, 0.29) is 5.41 Å². The molecule has 128 valence electrons. The number of benzene rings is 1. The van der Waals surface area contributed by atoms with Crippen LogP contribution in [-0.4, -0.2) is 24.5 Å². The van der Waals surface area contributed by atoms with Gasteiger partial charge in [0, 0.05) is 28.9 Å². The smallest absolute Gasteiger partial charge is 0.191 e. The van der Waals surface area contributed by atoms with E-state index in [1.807, 2.05) is 19.1 Å². The fraction of sp³-hybridized carbons (Fsp3) is 0.444. The number of aryl methyl sites for hydroxylation is 2. The Labute approximate surface area is 152 Å². The molecular weight excluding hydrogens is 340 g/mol. The van der Waals surface area contributed by atoms with E-state index in [9.17, 15) is 0 Å². The number of thiazole rings is 1. The van der Waals surface area contributed by atoms with Gasteiger partial charge in [-0.15, -0.1) is 11.3 Å². The van der Waals surface area contributed by atoms with Crippen LogP contribution in [0.4, 0.5) is 0 Å². The fourth-order valence-electron chi connectivity index (χ4n) is 2.91. The summed E-state index contributed by atoms with van der Waals surface area (Å²) in [7, 11) is 1.80. The van der Waals surface area contributed by atoms with Gasteiger partial charge in [0.05, 0.1) is 17.2 Å². The Morgan fingerprint density at radius 1 is 1.33 bits per heavy atom. The SMILES string of the molecule is CN=C(NCc1sc(C)nc1C)NCC1(c2cccc(Cl)c2)CC1. The number of nitrogens with zero attached hydrogens (tertiary/aromatic N) is 2. The molecule has 0 atom stereocenters. The van der Waals surface area contributed by atoms with E-state index in [0.29, 0.717) is 0 Å². The third-order valence-corrected chi connectivity index (χ3v) is 5.83. The zero-order valence-electron chi connectivity index (χ0n) is 14.3. The summed E-state index contributed by atoms with van der Waals surface area (Å²) < 4.78 is 0. The van der Waals surface area contributed by atoms with Crippen molar-refractivity contribution >= 4 is 28.9 Å². The summed E-state index contributed by atoms with van der Waals surface area (Å²) in [5.74, 6) is 0.828. The maximum Gasteiger partial charge on any atom is 0.191 e. The van der Waals surface area contributed by atoms with Crippen molar-refractivity contribution in [3.05, 3.63) is 50.4 Å². The number of nitrogens with one attached hydrogen (secondary N) is 2. The summed E-state index contributed by atoms with van der Waals surface area (Å²) in [6, 6.07) is 8.20. The van der Waals surface area contributed by atoms with Crippen LogP contribution in [0.25, 0.3) is 0 Å². The summed E-state index contributed by atoms with van der Waals surface area (Å²) in [6.07, 6.45) is 2.37.